The van der Waals surface area contributed by atoms with Crippen LogP contribution < -0.4 is 5.32 Å². The van der Waals surface area contributed by atoms with E-state index in [0.29, 0.717) is 23.2 Å². The molecule has 3 nitrogen and oxygen atoms in total. The summed E-state index contributed by atoms with van der Waals surface area (Å²) in [5, 5.41) is 3.42. The normalized spacial score (nSPS) is 27.2. The Morgan fingerprint density at radius 1 is 1.17 bits per heavy atom. The number of hydrogen-bond donors (Lipinski definition) is 1. The van der Waals surface area contributed by atoms with Crippen molar-refractivity contribution in [1.82, 2.24) is 10.2 Å². The van der Waals surface area contributed by atoms with Crippen molar-refractivity contribution in [3.63, 3.8) is 0 Å². The summed E-state index contributed by atoms with van der Waals surface area (Å²) >= 11 is 0. The highest BCUT2D eigenvalue weighted by atomic mass is 16.2. The predicted molar refractivity (Wildman–Crippen MR) is 92.4 cm³/mol. The van der Waals surface area contributed by atoms with Crippen molar-refractivity contribution < 1.29 is 4.79 Å². The number of piperidine rings is 2. The monoisotopic (exact) mass is 312 g/mol. The fourth-order valence-corrected chi connectivity index (χ4v) is 4.85. The van der Waals surface area contributed by atoms with Crippen LogP contribution in [0.1, 0.15) is 49.1 Å². The summed E-state index contributed by atoms with van der Waals surface area (Å²) in [5.41, 5.74) is 3.25. The number of amides is 1. The van der Waals surface area contributed by atoms with Gasteiger partial charge in [0.15, 0.2) is 0 Å². The van der Waals surface area contributed by atoms with Gasteiger partial charge in [0.25, 0.3) is 0 Å². The Morgan fingerprint density at radius 2 is 1.87 bits per heavy atom. The van der Waals surface area contributed by atoms with Gasteiger partial charge in [0.1, 0.15) is 0 Å². The molecule has 1 N–H and O–H groups in total. The zero-order chi connectivity index (χ0) is 15.9. The lowest BCUT2D eigenvalue weighted by Crippen LogP contribution is -2.40. The van der Waals surface area contributed by atoms with Crippen LogP contribution in [0.3, 0.4) is 0 Å². The molecule has 1 amide bonds. The zero-order valence-electron chi connectivity index (χ0n) is 14.2. The minimum atomic E-state index is 0.333. The molecular formula is C20H28N2O. The second kappa shape index (κ2) is 5.94. The summed E-state index contributed by atoms with van der Waals surface area (Å²) in [4.78, 5) is 15.0. The molecule has 4 rings (SSSR count). The van der Waals surface area contributed by atoms with Gasteiger partial charge in [-0.15, -0.1) is 0 Å². The van der Waals surface area contributed by atoms with Crippen molar-refractivity contribution in [2.45, 2.75) is 44.9 Å². The highest BCUT2D eigenvalue weighted by molar-refractivity contribution is 5.83. The molecule has 3 aliphatic rings. The topological polar surface area (TPSA) is 32.3 Å². The Hall–Kier alpha value is -1.35. The first-order valence-corrected chi connectivity index (χ1v) is 9.25. The Bertz CT molecular complexity index is 583. The average Bonchev–Trinajstić information content (AvgIpc) is 3.28. The number of rotatable bonds is 2. The van der Waals surface area contributed by atoms with E-state index in [-0.39, 0.29) is 0 Å². The van der Waals surface area contributed by atoms with Crippen molar-refractivity contribution >= 4 is 5.91 Å². The number of nitrogens with zero attached hydrogens (tertiary/aromatic N) is 1. The summed E-state index contributed by atoms with van der Waals surface area (Å²) in [6.45, 7) is 6.29. The van der Waals surface area contributed by atoms with Crippen LogP contribution in [0.5, 0.6) is 0 Å². The number of carbonyl (C=O) groups is 1. The second-order valence-corrected chi connectivity index (χ2v) is 7.83. The van der Waals surface area contributed by atoms with E-state index in [4.69, 9.17) is 0 Å². The minimum Gasteiger partial charge on any atom is -0.342 e. The highest BCUT2D eigenvalue weighted by Crippen LogP contribution is 2.59. The Morgan fingerprint density at radius 3 is 2.57 bits per heavy atom. The van der Waals surface area contributed by atoms with Crippen LogP contribution in [0.15, 0.2) is 24.3 Å². The number of nitrogens with one attached hydrogen (secondary N) is 1. The molecule has 0 radical (unpaired) electrons. The fraction of sp³-hybridized carbons (Fsp3) is 0.650. The molecule has 23 heavy (non-hydrogen) atoms. The number of benzene rings is 1. The van der Waals surface area contributed by atoms with E-state index in [9.17, 15) is 4.79 Å². The van der Waals surface area contributed by atoms with Gasteiger partial charge in [-0.05, 0) is 74.6 Å². The molecule has 1 aromatic carbocycles. The molecule has 1 saturated carbocycles. The van der Waals surface area contributed by atoms with Crippen molar-refractivity contribution in [2.75, 3.05) is 26.2 Å². The van der Waals surface area contributed by atoms with E-state index in [1.807, 2.05) is 0 Å². The standard InChI is InChI=1S/C20H28N2O/c1-15-4-2-3-5-17(15)16-6-12-22(13-7-16)19(23)18-14-20(18)8-10-21-11-9-20/h2-5,16,18,21H,6-14H2,1H3. The van der Waals surface area contributed by atoms with Gasteiger partial charge < -0.3 is 10.2 Å². The van der Waals surface area contributed by atoms with Crippen molar-refractivity contribution in [2.24, 2.45) is 11.3 Å². The van der Waals surface area contributed by atoms with E-state index in [1.165, 1.54) is 24.0 Å². The number of hydrogen-bond acceptors (Lipinski definition) is 2. The van der Waals surface area contributed by atoms with Gasteiger partial charge in [0.05, 0.1) is 0 Å². The maximum Gasteiger partial charge on any atom is 0.226 e. The third-order valence-electron chi connectivity index (χ3n) is 6.52. The number of likely N-dealkylation sites (tertiary alicyclic amines) is 1. The molecule has 2 saturated heterocycles. The van der Waals surface area contributed by atoms with Crippen LogP contribution in [0.4, 0.5) is 0 Å². The van der Waals surface area contributed by atoms with Crippen LogP contribution in [-0.4, -0.2) is 37.0 Å². The number of aryl methyl sites for hydroxylation is 1. The number of carbonyl (C=O) groups excluding carboxylic acids is 1. The van der Waals surface area contributed by atoms with Gasteiger partial charge in [-0.1, -0.05) is 24.3 Å². The molecule has 2 aliphatic heterocycles. The molecule has 0 bridgehead atoms. The van der Waals surface area contributed by atoms with Gasteiger partial charge in [-0.3, -0.25) is 4.79 Å². The molecule has 1 atom stereocenters. The molecule has 1 unspecified atom stereocenters. The van der Waals surface area contributed by atoms with Crippen LogP contribution in [0.25, 0.3) is 0 Å². The van der Waals surface area contributed by atoms with Gasteiger partial charge >= 0.3 is 0 Å². The molecule has 124 valence electrons. The van der Waals surface area contributed by atoms with Crippen LogP contribution in [-0.2, 0) is 4.79 Å². The maximum absolute atomic E-state index is 12.8. The molecule has 2 heterocycles. The molecule has 3 fully saturated rings. The van der Waals surface area contributed by atoms with Gasteiger partial charge in [-0.25, -0.2) is 0 Å². The third-order valence-corrected chi connectivity index (χ3v) is 6.52. The first-order valence-electron chi connectivity index (χ1n) is 9.25. The SMILES string of the molecule is Cc1ccccc1C1CCN(C(=O)C2CC23CCNCC3)CC1. The fourth-order valence-electron chi connectivity index (χ4n) is 4.85. The molecule has 3 heteroatoms. The lowest BCUT2D eigenvalue weighted by Gasteiger charge is -2.34. The maximum atomic E-state index is 12.8. The summed E-state index contributed by atoms with van der Waals surface area (Å²) in [6, 6.07) is 8.73. The molecule has 1 spiro atoms. The minimum absolute atomic E-state index is 0.333. The van der Waals surface area contributed by atoms with E-state index in [2.05, 4.69) is 41.4 Å². The largest absolute Gasteiger partial charge is 0.342 e. The van der Waals surface area contributed by atoms with E-state index in [0.717, 1.165) is 45.4 Å². The molecule has 1 aliphatic carbocycles. The van der Waals surface area contributed by atoms with Gasteiger partial charge in [-0.2, -0.15) is 0 Å². The van der Waals surface area contributed by atoms with E-state index >= 15 is 0 Å². The summed E-state index contributed by atoms with van der Waals surface area (Å²) in [5.74, 6) is 1.42. The quantitative estimate of drug-likeness (QED) is 0.910. The second-order valence-electron chi connectivity index (χ2n) is 7.83. The van der Waals surface area contributed by atoms with Crippen LogP contribution >= 0.6 is 0 Å². The summed E-state index contributed by atoms with van der Waals surface area (Å²) < 4.78 is 0. The lowest BCUT2D eigenvalue weighted by molar-refractivity contribution is -0.134. The first-order chi connectivity index (χ1) is 11.2. The van der Waals surface area contributed by atoms with E-state index < -0.39 is 0 Å². The summed E-state index contributed by atoms with van der Waals surface area (Å²) in [7, 11) is 0. The van der Waals surface area contributed by atoms with E-state index in [1.54, 1.807) is 0 Å². The van der Waals surface area contributed by atoms with Gasteiger partial charge in [0.2, 0.25) is 5.91 Å². The third kappa shape index (κ3) is 2.80. The smallest absolute Gasteiger partial charge is 0.226 e. The van der Waals surface area contributed by atoms with Crippen LogP contribution in [0.2, 0.25) is 0 Å². The zero-order valence-corrected chi connectivity index (χ0v) is 14.2. The van der Waals surface area contributed by atoms with Crippen molar-refractivity contribution in [3.8, 4) is 0 Å². The predicted octanol–water partition coefficient (Wildman–Crippen LogP) is 3.09. The molecule has 1 aromatic rings. The summed E-state index contributed by atoms with van der Waals surface area (Å²) in [6.07, 6.45) is 5.78. The Labute approximate surface area is 139 Å². The van der Waals surface area contributed by atoms with Crippen LogP contribution in [0, 0.1) is 18.3 Å². The average molecular weight is 312 g/mol. The lowest BCUT2D eigenvalue weighted by atomic mass is 9.86. The van der Waals surface area contributed by atoms with Gasteiger partial charge in [0, 0.05) is 19.0 Å². The highest BCUT2D eigenvalue weighted by Gasteiger charge is 2.58. The molecular weight excluding hydrogens is 284 g/mol. The first kappa shape index (κ1) is 15.2. The van der Waals surface area contributed by atoms with Crippen molar-refractivity contribution in [1.29, 1.82) is 0 Å². The molecule has 0 aromatic heterocycles. The Balaban J connectivity index is 1.35. The van der Waals surface area contributed by atoms with Crippen molar-refractivity contribution in [3.05, 3.63) is 35.4 Å². The Kier molecular flexibility index (Phi) is 3.92.